The lowest BCUT2D eigenvalue weighted by Gasteiger charge is -2.32. The van der Waals surface area contributed by atoms with Gasteiger partial charge < -0.3 is 16.0 Å². The van der Waals surface area contributed by atoms with Crippen LogP contribution < -0.4 is 11.1 Å². The first-order chi connectivity index (χ1) is 13.7. The predicted octanol–water partition coefficient (Wildman–Crippen LogP) is 3.94. The fraction of sp³-hybridized carbons (Fsp3) is 0.500. The monoisotopic (exact) mass is 376 g/mol. The molecule has 4 N–H and O–H groups in total. The molecule has 2 heterocycles. The van der Waals surface area contributed by atoms with Crippen LogP contribution in [0, 0.1) is 5.92 Å². The normalized spacial score (nSPS) is 27.5. The van der Waals surface area contributed by atoms with Gasteiger partial charge in [-0.3, -0.25) is 0 Å². The second kappa shape index (κ2) is 7.51. The first kappa shape index (κ1) is 17.6. The van der Waals surface area contributed by atoms with Crippen molar-refractivity contribution in [1.29, 1.82) is 0 Å². The molecule has 0 unspecified atom stereocenters. The summed E-state index contributed by atoms with van der Waals surface area (Å²) in [6, 6.07) is 10.7. The summed E-state index contributed by atoms with van der Waals surface area (Å²) in [5.74, 6) is 3.86. The van der Waals surface area contributed by atoms with Crippen molar-refractivity contribution in [2.24, 2.45) is 11.7 Å². The molecule has 2 aromatic heterocycles. The molecular weight excluding hydrogens is 348 g/mol. The van der Waals surface area contributed by atoms with E-state index in [1.165, 1.54) is 25.7 Å². The molecule has 6 heteroatoms. The molecule has 2 saturated carbocycles. The number of anilines is 1. The van der Waals surface area contributed by atoms with Crippen LogP contribution in [-0.2, 0) is 0 Å². The third-order valence-electron chi connectivity index (χ3n) is 6.49. The summed E-state index contributed by atoms with van der Waals surface area (Å²) in [6.45, 7) is 0.980. The zero-order valence-electron chi connectivity index (χ0n) is 16.1. The summed E-state index contributed by atoms with van der Waals surface area (Å²) < 4.78 is 0. The Morgan fingerprint density at radius 3 is 2.64 bits per heavy atom. The number of aromatic nitrogens is 4. The number of hydrogen-bond acceptors (Lipinski definition) is 5. The van der Waals surface area contributed by atoms with Gasteiger partial charge in [0.05, 0.1) is 11.0 Å². The number of rotatable bonds is 5. The smallest absolute Gasteiger partial charge is 0.129 e. The summed E-state index contributed by atoms with van der Waals surface area (Å²) in [5.41, 5.74) is 9.27. The zero-order chi connectivity index (χ0) is 18.9. The van der Waals surface area contributed by atoms with Gasteiger partial charge in [0.25, 0.3) is 0 Å². The standard InChI is InChI=1S/C22H28N6/c23-17-9-16(10-17)20-11-21(26-13-25-20)24-12-14-5-7-15(8-6-14)22-27-18-3-1-2-4-19(18)28-22/h1-4,11,13-17H,5-10,12,23H2,(H,27,28)(H,24,25,26). The maximum absolute atomic E-state index is 5.91. The van der Waals surface area contributed by atoms with Gasteiger partial charge in [0, 0.05) is 36.2 Å². The minimum absolute atomic E-state index is 0.346. The lowest BCUT2D eigenvalue weighted by Crippen LogP contribution is -2.35. The number of para-hydroxylation sites is 2. The van der Waals surface area contributed by atoms with Crippen LogP contribution in [0.25, 0.3) is 11.0 Å². The SMILES string of the molecule is NC1CC(c2cc(NCC3CCC(c4nc5ccccc5[nH]4)CC3)ncn2)C1. The summed E-state index contributed by atoms with van der Waals surface area (Å²) in [6.07, 6.45) is 8.61. The van der Waals surface area contributed by atoms with Crippen molar-refractivity contribution in [2.75, 3.05) is 11.9 Å². The van der Waals surface area contributed by atoms with Crippen molar-refractivity contribution in [3.8, 4) is 0 Å². The molecule has 2 aliphatic carbocycles. The maximum Gasteiger partial charge on any atom is 0.129 e. The van der Waals surface area contributed by atoms with Gasteiger partial charge in [0.15, 0.2) is 0 Å². The topological polar surface area (TPSA) is 92.5 Å². The van der Waals surface area contributed by atoms with E-state index in [0.29, 0.717) is 23.8 Å². The molecule has 3 aromatic rings. The van der Waals surface area contributed by atoms with Crippen LogP contribution >= 0.6 is 0 Å². The Morgan fingerprint density at radius 2 is 1.86 bits per heavy atom. The van der Waals surface area contributed by atoms with Crippen molar-refractivity contribution < 1.29 is 0 Å². The maximum atomic E-state index is 5.91. The molecule has 0 aliphatic heterocycles. The number of benzene rings is 1. The number of H-pyrrole nitrogens is 1. The Labute approximate surface area is 165 Å². The molecule has 0 saturated heterocycles. The molecule has 0 spiro atoms. The Morgan fingerprint density at radius 1 is 1.04 bits per heavy atom. The Balaban J connectivity index is 1.14. The lowest BCUT2D eigenvalue weighted by molar-refractivity contribution is 0.332. The van der Waals surface area contributed by atoms with Crippen molar-refractivity contribution in [3.05, 3.63) is 48.2 Å². The van der Waals surface area contributed by atoms with Crippen LogP contribution in [0.5, 0.6) is 0 Å². The number of fused-ring (bicyclic) bond motifs is 1. The van der Waals surface area contributed by atoms with Gasteiger partial charge in [-0.25, -0.2) is 15.0 Å². The molecule has 6 nitrogen and oxygen atoms in total. The van der Waals surface area contributed by atoms with Crippen molar-refractivity contribution in [1.82, 2.24) is 19.9 Å². The third-order valence-corrected chi connectivity index (χ3v) is 6.49. The van der Waals surface area contributed by atoms with Crippen LogP contribution in [0.1, 0.15) is 61.9 Å². The molecule has 28 heavy (non-hydrogen) atoms. The summed E-state index contributed by atoms with van der Waals surface area (Å²) in [7, 11) is 0. The quantitative estimate of drug-likeness (QED) is 0.627. The highest BCUT2D eigenvalue weighted by Gasteiger charge is 2.29. The van der Waals surface area contributed by atoms with Crippen LogP contribution in [-0.4, -0.2) is 32.5 Å². The minimum Gasteiger partial charge on any atom is -0.370 e. The van der Waals surface area contributed by atoms with Gasteiger partial charge in [0.2, 0.25) is 0 Å². The van der Waals surface area contributed by atoms with E-state index in [2.05, 4.69) is 44.5 Å². The van der Waals surface area contributed by atoms with E-state index in [0.717, 1.165) is 47.8 Å². The average molecular weight is 377 g/mol. The summed E-state index contributed by atoms with van der Waals surface area (Å²) in [4.78, 5) is 17.2. The zero-order valence-corrected chi connectivity index (χ0v) is 16.1. The molecule has 0 amide bonds. The molecule has 5 rings (SSSR count). The summed E-state index contributed by atoms with van der Waals surface area (Å²) >= 11 is 0. The third kappa shape index (κ3) is 3.61. The van der Waals surface area contributed by atoms with Crippen molar-refractivity contribution >= 4 is 16.9 Å². The highest BCUT2D eigenvalue weighted by atomic mass is 15.0. The highest BCUT2D eigenvalue weighted by Crippen LogP contribution is 2.36. The number of imidazole rings is 1. The number of nitrogens with zero attached hydrogens (tertiary/aromatic N) is 3. The molecule has 2 aliphatic rings. The molecule has 0 bridgehead atoms. The Hall–Kier alpha value is -2.47. The fourth-order valence-electron chi connectivity index (χ4n) is 4.65. The number of hydrogen-bond donors (Lipinski definition) is 3. The number of aromatic amines is 1. The van der Waals surface area contributed by atoms with E-state index in [-0.39, 0.29) is 0 Å². The molecule has 0 radical (unpaired) electrons. The second-order valence-corrected chi connectivity index (χ2v) is 8.49. The largest absolute Gasteiger partial charge is 0.370 e. The van der Waals surface area contributed by atoms with Gasteiger partial charge in [-0.1, -0.05) is 12.1 Å². The average Bonchev–Trinajstić information content (AvgIpc) is 3.15. The lowest BCUT2D eigenvalue weighted by atomic mass is 9.78. The van der Waals surface area contributed by atoms with Crippen molar-refractivity contribution in [2.45, 2.75) is 56.4 Å². The first-order valence-corrected chi connectivity index (χ1v) is 10.5. The van der Waals surface area contributed by atoms with E-state index in [1.54, 1.807) is 6.33 Å². The minimum atomic E-state index is 0.346. The molecule has 1 aromatic carbocycles. The van der Waals surface area contributed by atoms with E-state index >= 15 is 0 Å². The van der Waals surface area contributed by atoms with E-state index in [4.69, 9.17) is 10.7 Å². The van der Waals surface area contributed by atoms with Gasteiger partial charge in [-0.2, -0.15) is 0 Å². The molecule has 0 atom stereocenters. The van der Waals surface area contributed by atoms with Crippen LogP contribution in [0.4, 0.5) is 5.82 Å². The fourth-order valence-corrected chi connectivity index (χ4v) is 4.65. The number of nitrogens with one attached hydrogen (secondary N) is 2. The second-order valence-electron chi connectivity index (χ2n) is 8.49. The molecule has 2 fully saturated rings. The van der Waals surface area contributed by atoms with Gasteiger partial charge in [-0.05, 0) is 56.6 Å². The summed E-state index contributed by atoms with van der Waals surface area (Å²) in [5, 5.41) is 3.54. The Bertz CT molecular complexity index is 904. The van der Waals surface area contributed by atoms with E-state index in [9.17, 15) is 0 Å². The van der Waals surface area contributed by atoms with E-state index in [1.807, 2.05) is 6.07 Å². The van der Waals surface area contributed by atoms with Gasteiger partial charge in [-0.15, -0.1) is 0 Å². The highest BCUT2D eigenvalue weighted by molar-refractivity contribution is 5.74. The molecule has 146 valence electrons. The predicted molar refractivity (Wildman–Crippen MR) is 111 cm³/mol. The van der Waals surface area contributed by atoms with Crippen LogP contribution in [0.3, 0.4) is 0 Å². The van der Waals surface area contributed by atoms with Crippen LogP contribution in [0.15, 0.2) is 36.7 Å². The van der Waals surface area contributed by atoms with Gasteiger partial charge >= 0.3 is 0 Å². The van der Waals surface area contributed by atoms with Crippen LogP contribution in [0.2, 0.25) is 0 Å². The first-order valence-electron chi connectivity index (χ1n) is 10.5. The van der Waals surface area contributed by atoms with Crippen molar-refractivity contribution in [3.63, 3.8) is 0 Å². The van der Waals surface area contributed by atoms with E-state index < -0.39 is 0 Å². The Kier molecular flexibility index (Phi) is 4.72. The number of nitrogens with two attached hydrogens (primary N) is 1. The molecular formula is C22H28N6. The van der Waals surface area contributed by atoms with Gasteiger partial charge in [0.1, 0.15) is 18.0 Å².